The Morgan fingerprint density at radius 2 is 1.31 bits per heavy atom. The summed E-state index contributed by atoms with van der Waals surface area (Å²) < 4.78 is 0. The summed E-state index contributed by atoms with van der Waals surface area (Å²) >= 11 is 0. The molecule has 0 aromatic carbocycles. The average molecular weight is 150 g/mol. The standard InChI is InChI=1S/C3H6B10/c4-8-12(6)10-2-1-3-11(10)13(7)9-5/h1-3H2. The van der Waals surface area contributed by atoms with E-state index in [0.29, 0.717) is 13.0 Å². The van der Waals surface area contributed by atoms with Crippen molar-refractivity contribution in [3.63, 3.8) is 0 Å². The molecule has 1 aliphatic heterocycles. The zero-order chi connectivity index (χ0) is 9.84. The lowest BCUT2D eigenvalue weighted by molar-refractivity contribution is 1.09. The van der Waals surface area contributed by atoms with Crippen LogP contribution in [0, 0.1) is 0 Å². The van der Waals surface area contributed by atoms with Crippen LogP contribution in [0.1, 0.15) is 6.42 Å². The van der Waals surface area contributed by atoms with Gasteiger partial charge in [-0.15, -0.1) is 0 Å². The summed E-state index contributed by atoms with van der Waals surface area (Å²) in [6.07, 6.45) is 3.32. The van der Waals surface area contributed by atoms with Crippen molar-refractivity contribution in [1.82, 2.24) is 0 Å². The predicted octanol–water partition coefficient (Wildman–Crippen LogP) is -2.50. The molecule has 1 saturated heterocycles. The second kappa shape index (κ2) is 5.51. The summed E-state index contributed by atoms with van der Waals surface area (Å²) in [5, 5.41) is 0. The van der Waals surface area contributed by atoms with Crippen LogP contribution < -0.4 is 0 Å². The number of hydrogen-bond acceptors (Lipinski definition) is 0. The lowest BCUT2D eigenvalue weighted by atomic mass is 8.64. The molecule has 0 N–H and O–H groups in total. The van der Waals surface area contributed by atoms with Crippen molar-refractivity contribution in [2.45, 2.75) is 19.1 Å². The van der Waals surface area contributed by atoms with Crippen LogP contribution in [0.4, 0.5) is 0 Å². The van der Waals surface area contributed by atoms with Crippen molar-refractivity contribution in [3.8, 4) is 0 Å². The fraction of sp³-hybridized carbons (Fsp3) is 1.00. The maximum Gasteiger partial charge on any atom is 0.0543 e. The van der Waals surface area contributed by atoms with E-state index < -0.39 is 0 Å². The van der Waals surface area contributed by atoms with Gasteiger partial charge in [-0.3, -0.25) is 0 Å². The average Bonchev–Trinajstić information content (AvgIpc) is 2.63. The highest BCUT2D eigenvalue weighted by Crippen LogP contribution is 2.20. The third-order valence-electron chi connectivity index (χ3n) is 3.06. The van der Waals surface area contributed by atoms with Gasteiger partial charge in [-0.2, -0.15) is 0 Å². The fourth-order valence-electron chi connectivity index (χ4n) is 2.26. The van der Waals surface area contributed by atoms with Gasteiger partial charge < -0.3 is 0 Å². The summed E-state index contributed by atoms with van der Waals surface area (Å²) in [4.78, 5) is 0. The minimum atomic E-state index is -0.0431. The molecule has 1 heterocycles. The molecule has 0 unspecified atom stereocenters. The molecule has 10 radical (unpaired) electrons. The molecule has 10 heteroatoms. The molecule has 0 nitrogen and oxygen atoms in total. The Hall–Kier alpha value is 0.649. The molecule has 13 heavy (non-hydrogen) atoms. The quantitative estimate of drug-likeness (QED) is 0.389. The molecule has 0 aromatic heterocycles. The van der Waals surface area contributed by atoms with E-state index in [9.17, 15) is 0 Å². The lowest BCUT2D eigenvalue weighted by Gasteiger charge is -2.23. The van der Waals surface area contributed by atoms with E-state index in [2.05, 4.69) is 0 Å². The van der Waals surface area contributed by atoms with Gasteiger partial charge in [0.1, 0.15) is 0 Å². The molecule has 0 atom stereocenters. The molecule has 48 valence electrons. The van der Waals surface area contributed by atoms with E-state index in [-0.39, 0.29) is 12.8 Å². The van der Waals surface area contributed by atoms with Gasteiger partial charge in [0.05, 0.1) is 13.0 Å². The van der Waals surface area contributed by atoms with Gasteiger partial charge in [0.25, 0.3) is 0 Å². The van der Waals surface area contributed by atoms with Gasteiger partial charge in [0.15, 0.2) is 0 Å². The summed E-state index contributed by atoms with van der Waals surface area (Å²) in [5.74, 6) is 0. The second-order valence-electron chi connectivity index (χ2n) is 3.80. The first kappa shape index (κ1) is 11.7. The van der Waals surface area contributed by atoms with Crippen molar-refractivity contribution in [2.75, 3.05) is 0 Å². The lowest BCUT2D eigenvalue weighted by Crippen LogP contribution is -2.58. The molecular weight excluding hydrogens is 144 g/mol. The Morgan fingerprint density at radius 1 is 0.923 bits per heavy atom. The molecule has 0 saturated carbocycles. The van der Waals surface area contributed by atoms with Crippen LogP contribution in [0.25, 0.3) is 0 Å². The molecule has 0 aliphatic carbocycles. The topological polar surface area (TPSA) is 0 Å². The predicted molar refractivity (Wildman–Crippen MR) is 71.8 cm³/mol. The maximum atomic E-state index is 5.87. The van der Waals surface area contributed by atoms with Crippen LogP contribution in [-0.4, -0.2) is 70.8 Å². The molecule has 0 bridgehead atoms. The Morgan fingerprint density at radius 3 is 1.62 bits per heavy atom. The third-order valence-corrected chi connectivity index (χ3v) is 3.06. The summed E-state index contributed by atoms with van der Waals surface area (Å²) in [6.45, 7) is 0.805. The number of rotatable bonds is 4. The highest BCUT2D eigenvalue weighted by Gasteiger charge is 2.38. The van der Waals surface area contributed by atoms with E-state index in [0.717, 1.165) is 12.6 Å². The van der Waals surface area contributed by atoms with E-state index in [1.54, 1.807) is 14.1 Å². The molecule has 1 rings (SSSR count). The van der Waals surface area contributed by atoms with E-state index in [1.165, 1.54) is 6.42 Å². The molecule has 0 spiro atoms. The smallest absolute Gasteiger partial charge is 0.0543 e. The Labute approximate surface area is 90.2 Å². The normalized spacial score (nSPS) is 15.7. The molecular formula is C3H6B10. The van der Waals surface area contributed by atoms with Crippen molar-refractivity contribution in [1.29, 1.82) is 0 Å². The highest BCUT2D eigenvalue weighted by atomic mass is 13.8. The molecule has 0 aromatic rings. The molecule has 0 amide bonds. The van der Waals surface area contributed by atoms with E-state index >= 15 is 0 Å². The van der Waals surface area contributed by atoms with Crippen LogP contribution in [0.3, 0.4) is 0 Å². The minimum Gasteiger partial charge on any atom is -0.0902 e. The monoisotopic (exact) mass is 152 g/mol. The Bertz CT molecular complexity index is 133. The van der Waals surface area contributed by atoms with Crippen molar-refractivity contribution < 1.29 is 0 Å². The zero-order valence-electron chi connectivity index (χ0n) is 7.89. The third kappa shape index (κ3) is 2.80. The zero-order valence-corrected chi connectivity index (χ0v) is 7.89. The Balaban J connectivity index is 2.52. The fourth-order valence-corrected chi connectivity index (χ4v) is 2.26. The first-order valence-electron chi connectivity index (χ1n) is 4.82. The van der Waals surface area contributed by atoms with Gasteiger partial charge in [0, 0.05) is 57.8 Å². The van der Waals surface area contributed by atoms with Crippen LogP contribution in [0.2, 0.25) is 12.6 Å². The molecule has 1 aliphatic rings. The SMILES string of the molecule is [B][B]B([B])B1CCCB1B([B])[B][B]. The van der Waals surface area contributed by atoms with Crippen molar-refractivity contribution >= 4 is 70.8 Å². The second-order valence-corrected chi connectivity index (χ2v) is 3.80. The highest BCUT2D eigenvalue weighted by molar-refractivity contribution is 7.90. The Kier molecular flexibility index (Phi) is 4.97. The summed E-state index contributed by atoms with van der Waals surface area (Å²) in [6, 6.07) is 0. The van der Waals surface area contributed by atoms with Crippen molar-refractivity contribution in [2.24, 2.45) is 0 Å². The van der Waals surface area contributed by atoms with E-state index in [4.69, 9.17) is 30.9 Å². The molecule has 1 fully saturated rings. The maximum absolute atomic E-state index is 5.87. The van der Waals surface area contributed by atoms with Crippen molar-refractivity contribution in [3.05, 3.63) is 0 Å². The van der Waals surface area contributed by atoms with Gasteiger partial charge in [-0.25, -0.2) is 0 Å². The van der Waals surface area contributed by atoms with Crippen LogP contribution in [-0.2, 0) is 0 Å². The van der Waals surface area contributed by atoms with Gasteiger partial charge >= 0.3 is 0 Å². The van der Waals surface area contributed by atoms with Gasteiger partial charge in [0.2, 0.25) is 0 Å². The van der Waals surface area contributed by atoms with Crippen LogP contribution in [0.15, 0.2) is 0 Å². The first-order valence-corrected chi connectivity index (χ1v) is 4.82. The summed E-state index contributed by atoms with van der Waals surface area (Å²) in [7, 11) is 25.7. The summed E-state index contributed by atoms with van der Waals surface area (Å²) in [5.41, 5.74) is 0. The van der Waals surface area contributed by atoms with E-state index in [1.807, 2.05) is 0 Å². The van der Waals surface area contributed by atoms with Gasteiger partial charge in [-0.1, -0.05) is 19.1 Å². The van der Waals surface area contributed by atoms with Gasteiger partial charge in [-0.05, 0) is 0 Å². The van der Waals surface area contributed by atoms with Crippen LogP contribution in [0.5, 0.6) is 0 Å². The largest absolute Gasteiger partial charge is 0.0902 e. The van der Waals surface area contributed by atoms with Crippen LogP contribution >= 0.6 is 0 Å². The minimum absolute atomic E-state index is 0.0431. The number of hydrogen-bond donors (Lipinski definition) is 0. The first-order chi connectivity index (χ1) is 6.20.